The molecule has 1 aromatic heterocycles. The lowest BCUT2D eigenvalue weighted by molar-refractivity contribution is -0.126. The first kappa shape index (κ1) is 23.1. The minimum absolute atomic E-state index is 0.00464. The van der Waals surface area contributed by atoms with Gasteiger partial charge in [0.05, 0.1) is 24.0 Å². The first-order valence-electron chi connectivity index (χ1n) is 11.4. The summed E-state index contributed by atoms with van der Waals surface area (Å²) in [4.78, 5) is 31.7. The molecule has 2 N–H and O–H groups in total. The maximum Gasteiger partial charge on any atom is 0.249 e. The number of fused-ring (bicyclic) bond motifs is 1. The number of amides is 2. The first-order valence-corrected chi connectivity index (χ1v) is 11.4. The molecule has 1 fully saturated rings. The largest absolute Gasteiger partial charge is 0.508 e. The number of phenolic OH excluding ortho intramolecular Hbond substituents is 1. The number of aromatic nitrogens is 2. The van der Waals surface area contributed by atoms with Crippen LogP contribution in [-0.4, -0.2) is 39.1 Å². The van der Waals surface area contributed by atoms with E-state index < -0.39 is 11.9 Å². The van der Waals surface area contributed by atoms with E-state index in [-0.39, 0.29) is 36.1 Å². The molecule has 0 unspecified atom stereocenters. The molecule has 1 saturated heterocycles. The Bertz CT molecular complexity index is 1520. The van der Waals surface area contributed by atoms with Gasteiger partial charge in [-0.3, -0.25) is 9.59 Å². The van der Waals surface area contributed by atoms with Crippen molar-refractivity contribution in [3.63, 3.8) is 0 Å². The molecule has 2 heterocycles. The van der Waals surface area contributed by atoms with Gasteiger partial charge in [-0.15, -0.1) is 0 Å². The fraction of sp³-hybridized carbons (Fsp3) is 0.185. The van der Waals surface area contributed by atoms with Crippen molar-refractivity contribution in [1.29, 1.82) is 5.26 Å². The maximum absolute atomic E-state index is 14.0. The molecule has 8 nitrogen and oxygen atoms in total. The summed E-state index contributed by atoms with van der Waals surface area (Å²) in [5.41, 5.74) is 1.91. The Balaban J connectivity index is 1.26. The average molecular weight is 484 g/mol. The van der Waals surface area contributed by atoms with Gasteiger partial charge >= 0.3 is 0 Å². The van der Waals surface area contributed by atoms with E-state index in [2.05, 4.69) is 10.3 Å². The molecule has 0 saturated carbocycles. The number of hydrogen-bond acceptors (Lipinski definition) is 5. The van der Waals surface area contributed by atoms with Crippen LogP contribution >= 0.6 is 0 Å². The molecule has 0 bridgehead atoms. The minimum atomic E-state index is -0.658. The van der Waals surface area contributed by atoms with Crippen LogP contribution in [0.4, 0.5) is 10.1 Å². The number of carbonyl (C=O) groups is 2. The summed E-state index contributed by atoms with van der Waals surface area (Å²) in [6.45, 7) is 0.732. The number of nitrogens with zero attached hydrogens (tertiary/aromatic N) is 4. The van der Waals surface area contributed by atoms with Crippen molar-refractivity contribution in [3.8, 4) is 11.8 Å². The van der Waals surface area contributed by atoms with Crippen LogP contribution in [0.3, 0.4) is 0 Å². The molecule has 0 spiro atoms. The van der Waals surface area contributed by atoms with Crippen LogP contribution in [0.2, 0.25) is 0 Å². The van der Waals surface area contributed by atoms with E-state index in [1.807, 2.05) is 18.2 Å². The van der Waals surface area contributed by atoms with E-state index in [1.165, 1.54) is 12.1 Å². The van der Waals surface area contributed by atoms with Crippen molar-refractivity contribution in [1.82, 2.24) is 14.9 Å². The van der Waals surface area contributed by atoms with Crippen molar-refractivity contribution < 1.29 is 19.1 Å². The quantitative estimate of drug-likeness (QED) is 0.437. The molecule has 1 atom stereocenters. The van der Waals surface area contributed by atoms with Gasteiger partial charge in [0.1, 0.15) is 23.7 Å². The summed E-state index contributed by atoms with van der Waals surface area (Å²) in [5, 5.41) is 23.3. The molecule has 36 heavy (non-hydrogen) atoms. The van der Waals surface area contributed by atoms with Crippen molar-refractivity contribution >= 4 is 28.3 Å². The topological polar surface area (TPSA) is 111 Å². The van der Waals surface area contributed by atoms with Gasteiger partial charge in [-0.05, 0) is 47.7 Å². The highest BCUT2D eigenvalue weighted by Crippen LogP contribution is 2.32. The van der Waals surface area contributed by atoms with Crippen LogP contribution in [0.25, 0.3) is 10.8 Å². The normalized spacial score (nSPS) is 15.3. The van der Waals surface area contributed by atoms with Gasteiger partial charge in [-0.25, -0.2) is 9.37 Å². The van der Waals surface area contributed by atoms with Crippen LogP contribution in [0.15, 0.2) is 67.1 Å². The van der Waals surface area contributed by atoms with Crippen molar-refractivity contribution in [3.05, 3.63) is 89.8 Å². The molecular formula is C27H22FN5O3. The number of rotatable bonds is 6. The van der Waals surface area contributed by atoms with Crippen LogP contribution in [0.1, 0.15) is 23.2 Å². The molecule has 2 amide bonds. The number of nitrogens with one attached hydrogen (secondary N) is 1. The zero-order valence-corrected chi connectivity index (χ0v) is 19.2. The monoisotopic (exact) mass is 483 g/mol. The Kier molecular flexibility index (Phi) is 6.09. The van der Waals surface area contributed by atoms with Crippen molar-refractivity contribution in [2.45, 2.75) is 25.4 Å². The number of anilines is 1. The molecule has 9 heteroatoms. The van der Waals surface area contributed by atoms with Crippen LogP contribution in [0, 0.1) is 17.1 Å². The number of hydrogen-bond donors (Lipinski definition) is 2. The second-order valence-corrected chi connectivity index (χ2v) is 8.70. The van der Waals surface area contributed by atoms with Gasteiger partial charge in [0, 0.05) is 30.4 Å². The molecule has 0 aliphatic carbocycles. The Morgan fingerprint density at radius 2 is 2.08 bits per heavy atom. The Morgan fingerprint density at radius 3 is 2.89 bits per heavy atom. The third kappa shape index (κ3) is 4.49. The van der Waals surface area contributed by atoms with Crippen LogP contribution in [0.5, 0.6) is 5.75 Å². The SMILES string of the molecule is N#Cc1ccc(Cn2cncc2CC(=O)N[C@@H]2CCN(c3cccc4ccc(O)cc34)C2=O)cc1F. The second-order valence-electron chi connectivity index (χ2n) is 8.70. The highest BCUT2D eigenvalue weighted by atomic mass is 19.1. The molecule has 4 aromatic rings. The Morgan fingerprint density at radius 1 is 1.22 bits per heavy atom. The second kappa shape index (κ2) is 9.50. The van der Waals surface area contributed by atoms with Crippen molar-refractivity contribution in [2.75, 3.05) is 11.4 Å². The Labute approximate surface area is 206 Å². The number of aromatic hydroxyl groups is 1. The maximum atomic E-state index is 14.0. The third-order valence-electron chi connectivity index (χ3n) is 6.32. The first-order chi connectivity index (χ1) is 17.4. The van der Waals surface area contributed by atoms with Crippen LogP contribution in [-0.2, 0) is 22.6 Å². The molecule has 1 aliphatic rings. The molecule has 5 rings (SSSR count). The van der Waals surface area contributed by atoms with Gasteiger partial charge in [0.2, 0.25) is 11.8 Å². The summed E-state index contributed by atoms with van der Waals surface area (Å²) >= 11 is 0. The number of nitriles is 1. The van der Waals surface area contributed by atoms with E-state index in [1.54, 1.807) is 52.3 Å². The van der Waals surface area contributed by atoms with E-state index in [9.17, 15) is 19.1 Å². The zero-order chi connectivity index (χ0) is 25.2. The summed E-state index contributed by atoms with van der Waals surface area (Å²) in [5.74, 6) is -1.01. The molecule has 3 aromatic carbocycles. The third-order valence-corrected chi connectivity index (χ3v) is 6.32. The number of imidazole rings is 1. The van der Waals surface area contributed by atoms with Gasteiger partial charge in [-0.1, -0.05) is 24.3 Å². The number of halogens is 1. The van der Waals surface area contributed by atoms with Gasteiger partial charge in [-0.2, -0.15) is 5.26 Å². The molecule has 1 aliphatic heterocycles. The lowest BCUT2D eigenvalue weighted by Crippen LogP contribution is -2.42. The molecular weight excluding hydrogens is 461 g/mol. The minimum Gasteiger partial charge on any atom is -0.508 e. The molecule has 0 radical (unpaired) electrons. The lowest BCUT2D eigenvalue weighted by atomic mass is 10.1. The summed E-state index contributed by atoms with van der Waals surface area (Å²) in [6.07, 6.45) is 3.58. The lowest BCUT2D eigenvalue weighted by Gasteiger charge is -2.19. The van der Waals surface area contributed by atoms with E-state index in [0.29, 0.717) is 29.9 Å². The van der Waals surface area contributed by atoms with E-state index >= 15 is 0 Å². The smallest absolute Gasteiger partial charge is 0.249 e. The number of phenols is 1. The highest BCUT2D eigenvalue weighted by molar-refractivity contribution is 6.08. The fourth-order valence-electron chi connectivity index (χ4n) is 4.52. The van der Waals surface area contributed by atoms with Gasteiger partial charge < -0.3 is 19.9 Å². The molecule has 180 valence electrons. The number of carbonyl (C=O) groups excluding carboxylic acids is 2. The van der Waals surface area contributed by atoms with Gasteiger partial charge in [0.15, 0.2) is 0 Å². The predicted octanol–water partition coefficient (Wildman–Crippen LogP) is 3.27. The standard InChI is InChI=1S/C27H22FN5O3/c28-23-10-17(4-5-19(23)13-29)15-32-16-30-14-20(32)11-26(35)31-24-8-9-33(27(24)36)25-3-1-2-18-6-7-21(34)12-22(18)25/h1-7,10,12,14,16,24,34H,8-9,11,15H2,(H,31,35)/t24-/m1/s1. The Hall–Kier alpha value is -4.71. The summed E-state index contributed by atoms with van der Waals surface area (Å²) in [7, 11) is 0. The van der Waals surface area contributed by atoms with Gasteiger partial charge in [0.25, 0.3) is 0 Å². The fourth-order valence-corrected chi connectivity index (χ4v) is 4.52. The highest BCUT2D eigenvalue weighted by Gasteiger charge is 2.34. The summed E-state index contributed by atoms with van der Waals surface area (Å²) in [6, 6.07) is 16.1. The predicted molar refractivity (Wildman–Crippen MR) is 131 cm³/mol. The average Bonchev–Trinajstić information content (AvgIpc) is 3.44. The number of benzene rings is 3. The van der Waals surface area contributed by atoms with E-state index in [0.717, 1.165) is 10.8 Å². The summed E-state index contributed by atoms with van der Waals surface area (Å²) < 4.78 is 15.7. The zero-order valence-electron chi connectivity index (χ0n) is 19.2. The van der Waals surface area contributed by atoms with Crippen molar-refractivity contribution in [2.24, 2.45) is 0 Å². The van der Waals surface area contributed by atoms with Crippen LogP contribution < -0.4 is 10.2 Å². The van der Waals surface area contributed by atoms with E-state index in [4.69, 9.17) is 5.26 Å².